The van der Waals surface area contributed by atoms with Gasteiger partial charge in [-0.2, -0.15) is 5.26 Å². The first kappa shape index (κ1) is 17.2. The summed E-state index contributed by atoms with van der Waals surface area (Å²) in [4.78, 5) is 20.1. The van der Waals surface area contributed by atoms with Crippen molar-refractivity contribution in [3.63, 3.8) is 0 Å². The third kappa shape index (κ3) is 3.28. The largest absolute Gasteiger partial charge is 0.283 e. The van der Waals surface area contributed by atoms with Gasteiger partial charge in [0.25, 0.3) is 5.56 Å². The van der Waals surface area contributed by atoms with E-state index in [-0.39, 0.29) is 5.56 Å². The summed E-state index contributed by atoms with van der Waals surface area (Å²) in [6.07, 6.45) is 6.27. The fourth-order valence-electron chi connectivity index (χ4n) is 3.12. The van der Waals surface area contributed by atoms with Crippen LogP contribution < -0.4 is 5.56 Å². The first-order valence-corrected chi connectivity index (χ1v) is 10.1. The molecule has 0 radical (unpaired) electrons. The monoisotopic (exact) mass is 359 g/mol. The molecule has 0 saturated carbocycles. The summed E-state index contributed by atoms with van der Waals surface area (Å²) < 4.78 is 1.73. The molecule has 24 heavy (non-hydrogen) atoms. The van der Waals surface area contributed by atoms with Gasteiger partial charge in [0.1, 0.15) is 4.83 Å². The van der Waals surface area contributed by atoms with E-state index >= 15 is 0 Å². The predicted molar refractivity (Wildman–Crippen MR) is 101 cm³/mol. The molecule has 0 bridgehead atoms. The van der Waals surface area contributed by atoms with Crippen molar-refractivity contribution in [3.8, 4) is 6.07 Å². The highest BCUT2D eigenvalue weighted by Crippen LogP contribution is 2.36. The first-order valence-electron chi connectivity index (χ1n) is 8.31. The van der Waals surface area contributed by atoms with Crippen LogP contribution in [0, 0.1) is 17.2 Å². The molecule has 0 amide bonds. The number of aromatic nitrogens is 2. The van der Waals surface area contributed by atoms with Crippen LogP contribution in [0.15, 0.2) is 22.6 Å². The molecular formula is C18H21N3OS2. The van der Waals surface area contributed by atoms with E-state index in [1.807, 2.05) is 0 Å². The number of thiophene rings is 1. The number of nitriles is 1. The number of hydrogen-bond acceptors (Lipinski definition) is 5. The summed E-state index contributed by atoms with van der Waals surface area (Å²) in [6.45, 7) is 6.52. The lowest BCUT2D eigenvalue weighted by atomic mass is 9.89. The molecule has 0 N–H and O–H groups in total. The zero-order valence-electron chi connectivity index (χ0n) is 13.9. The van der Waals surface area contributed by atoms with E-state index in [0.717, 1.165) is 46.8 Å². The van der Waals surface area contributed by atoms with E-state index in [2.05, 4.69) is 19.6 Å². The van der Waals surface area contributed by atoms with Crippen molar-refractivity contribution in [3.05, 3.63) is 33.4 Å². The second-order valence-corrected chi connectivity index (χ2v) is 8.39. The number of aryl methyl sites for hydroxylation is 1. The van der Waals surface area contributed by atoms with Gasteiger partial charge in [0.15, 0.2) is 5.16 Å². The molecule has 2 heterocycles. The summed E-state index contributed by atoms with van der Waals surface area (Å²) in [5.41, 5.74) is 1.29. The summed E-state index contributed by atoms with van der Waals surface area (Å²) >= 11 is 3.25. The van der Waals surface area contributed by atoms with Crippen molar-refractivity contribution in [1.29, 1.82) is 5.26 Å². The number of thioether (sulfide) groups is 1. The molecule has 0 aliphatic heterocycles. The van der Waals surface area contributed by atoms with Gasteiger partial charge in [0, 0.05) is 23.6 Å². The maximum atomic E-state index is 13.1. The molecule has 0 saturated heterocycles. The molecule has 0 unspecified atom stereocenters. The van der Waals surface area contributed by atoms with Crippen molar-refractivity contribution in [1.82, 2.24) is 9.55 Å². The second-order valence-electron chi connectivity index (χ2n) is 6.24. The molecule has 1 aliphatic rings. The Hall–Kier alpha value is -1.58. The van der Waals surface area contributed by atoms with Crippen LogP contribution in [0.2, 0.25) is 0 Å². The molecule has 3 rings (SSSR count). The number of unbranched alkanes of at least 4 members (excludes halogenated alkanes) is 1. The molecule has 1 aliphatic carbocycles. The van der Waals surface area contributed by atoms with Gasteiger partial charge in [-0.1, -0.05) is 24.8 Å². The van der Waals surface area contributed by atoms with Crippen molar-refractivity contribution >= 4 is 33.3 Å². The summed E-state index contributed by atoms with van der Waals surface area (Å²) in [5, 5.41) is 10.2. The van der Waals surface area contributed by atoms with Gasteiger partial charge < -0.3 is 0 Å². The molecule has 1 atom stereocenters. The molecule has 4 nitrogen and oxygen atoms in total. The Morgan fingerprint density at radius 3 is 3.17 bits per heavy atom. The maximum absolute atomic E-state index is 13.1. The fourth-order valence-corrected chi connectivity index (χ4v) is 5.49. The van der Waals surface area contributed by atoms with E-state index in [0.29, 0.717) is 18.9 Å². The highest BCUT2D eigenvalue weighted by atomic mass is 32.2. The highest BCUT2D eigenvalue weighted by Gasteiger charge is 2.24. The summed E-state index contributed by atoms with van der Waals surface area (Å²) in [6, 6.07) is 2.16. The van der Waals surface area contributed by atoms with E-state index in [4.69, 9.17) is 10.2 Å². The van der Waals surface area contributed by atoms with Crippen molar-refractivity contribution < 1.29 is 0 Å². The Morgan fingerprint density at radius 1 is 1.58 bits per heavy atom. The number of nitrogens with zero attached hydrogens (tertiary/aromatic N) is 3. The number of hydrogen-bond donors (Lipinski definition) is 0. The van der Waals surface area contributed by atoms with Crippen molar-refractivity contribution in [2.24, 2.45) is 5.92 Å². The normalized spacial score (nSPS) is 16.8. The Labute approximate surface area is 150 Å². The van der Waals surface area contributed by atoms with Crippen LogP contribution in [0.3, 0.4) is 0 Å². The summed E-state index contributed by atoms with van der Waals surface area (Å²) in [7, 11) is 0. The fraction of sp³-hybridized carbons (Fsp3) is 0.500. The van der Waals surface area contributed by atoms with Gasteiger partial charge in [0.05, 0.1) is 11.5 Å². The molecular weight excluding hydrogens is 338 g/mol. The molecule has 2 aromatic heterocycles. The van der Waals surface area contributed by atoms with E-state index in [1.165, 1.54) is 10.4 Å². The first-order chi connectivity index (χ1) is 11.7. The predicted octanol–water partition coefficient (Wildman–Crippen LogP) is 4.16. The van der Waals surface area contributed by atoms with Gasteiger partial charge in [-0.3, -0.25) is 9.36 Å². The van der Waals surface area contributed by atoms with Crippen LogP contribution in [0.1, 0.15) is 36.6 Å². The van der Waals surface area contributed by atoms with E-state index in [9.17, 15) is 4.79 Å². The van der Waals surface area contributed by atoms with Crippen LogP contribution in [-0.4, -0.2) is 15.3 Å². The van der Waals surface area contributed by atoms with Crippen LogP contribution in [-0.2, 0) is 19.4 Å². The minimum Gasteiger partial charge on any atom is -0.283 e. The minimum absolute atomic E-state index is 0.0646. The molecule has 2 aromatic rings. The lowest BCUT2D eigenvalue weighted by Crippen LogP contribution is -2.23. The average Bonchev–Trinajstić information content (AvgIpc) is 2.92. The minimum atomic E-state index is 0.0646. The Balaban J connectivity index is 2.05. The Kier molecular flexibility index (Phi) is 5.42. The number of fused-ring (bicyclic) bond motifs is 3. The molecule has 0 aromatic carbocycles. The van der Waals surface area contributed by atoms with Crippen molar-refractivity contribution in [2.45, 2.75) is 50.7 Å². The topological polar surface area (TPSA) is 58.7 Å². The Bertz CT molecular complexity index is 860. The standard InChI is InChI=1S/C18H21N3OS2/c1-3-9-21-17(22)15-13-7-6-12(2)11-14(13)24-16(15)20-18(21)23-10-5-4-8-19/h3,12H,1,4-7,9-11H2,2H3/t12-/m0/s1. The zero-order chi connectivity index (χ0) is 17.1. The molecule has 0 spiro atoms. The van der Waals surface area contributed by atoms with Crippen LogP contribution >= 0.6 is 23.1 Å². The summed E-state index contributed by atoms with van der Waals surface area (Å²) in [5.74, 6) is 1.48. The van der Waals surface area contributed by atoms with Crippen LogP contribution in [0.5, 0.6) is 0 Å². The average molecular weight is 360 g/mol. The van der Waals surface area contributed by atoms with Gasteiger partial charge >= 0.3 is 0 Å². The lowest BCUT2D eigenvalue weighted by molar-refractivity contribution is 0.509. The SMILES string of the molecule is C=CCn1c(SCCCC#N)nc2sc3c(c2c1=O)CC[C@H](C)C3. The molecule has 126 valence electrons. The molecule has 6 heteroatoms. The van der Waals surface area contributed by atoms with Gasteiger partial charge in [0.2, 0.25) is 0 Å². The third-order valence-corrected chi connectivity index (χ3v) is 6.57. The maximum Gasteiger partial charge on any atom is 0.263 e. The Morgan fingerprint density at radius 2 is 2.42 bits per heavy atom. The van der Waals surface area contributed by atoms with E-state index < -0.39 is 0 Å². The molecule has 0 fully saturated rings. The highest BCUT2D eigenvalue weighted by molar-refractivity contribution is 7.99. The van der Waals surface area contributed by atoms with E-state index in [1.54, 1.807) is 33.7 Å². The number of rotatable bonds is 6. The smallest absolute Gasteiger partial charge is 0.263 e. The third-order valence-electron chi connectivity index (χ3n) is 4.36. The van der Waals surface area contributed by atoms with Gasteiger partial charge in [-0.15, -0.1) is 17.9 Å². The zero-order valence-corrected chi connectivity index (χ0v) is 15.5. The van der Waals surface area contributed by atoms with Crippen molar-refractivity contribution in [2.75, 3.05) is 5.75 Å². The number of allylic oxidation sites excluding steroid dienone is 1. The quantitative estimate of drug-likeness (QED) is 0.336. The van der Waals surface area contributed by atoms with Crippen LogP contribution in [0.25, 0.3) is 10.2 Å². The van der Waals surface area contributed by atoms with Gasteiger partial charge in [-0.05, 0) is 37.2 Å². The van der Waals surface area contributed by atoms with Gasteiger partial charge in [-0.25, -0.2) is 4.98 Å². The van der Waals surface area contributed by atoms with Crippen LogP contribution in [0.4, 0.5) is 0 Å². The lowest BCUT2D eigenvalue weighted by Gasteiger charge is -2.17. The second kappa shape index (κ2) is 7.54.